The predicted molar refractivity (Wildman–Crippen MR) is 113 cm³/mol. The van der Waals surface area contributed by atoms with Gasteiger partial charge in [-0.2, -0.15) is 0 Å². The zero-order valence-electron chi connectivity index (χ0n) is 16.4. The normalized spacial score (nSPS) is 11.9. The van der Waals surface area contributed by atoms with E-state index in [4.69, 9.17) is 4.74 Å². The summed E-state index contributed by atoms with van der Waals surface area (Å²) in [4.78, 5) is 24.1. The number of rotatable bonds is 9. The molecule has 150 valence electrons. The summed E-state index contributed by atoms with van der Waals surface area (Å²) in [6.07, 6.45) is 0.568. The van der Waals surface area contributed by atoms with Crippen LogP contribution in [0.1, 0.15) is 16.7 Å². The number of carboxylic acid groups (broad SMARTS) is 1. The van der Waals surface area contributed by atoms with Gasteiger partial charge in [-0.25, -0.2) is 0 Å². The minimum Gasteiger partial charge on any atom is -0.481 e. The number of carbonyl (C=O) groups excluding carboxylic acids is 1. The van der Waals surface area contributed by atoms with Crippen LogP contribution in [-0.4, -0.2) is 30.6 Å². The van der Waals surface area contributed by atoms with Gasteiger partial charge in [0.1, 0.15) is 0 Å². The van der Waals surface area contributed by atoms with Gasteiger partial charge in [0.05, 0.1) is 18.9 Å². The Morgan fingerprint density at radius 1 is 1.00 bits per heavy atom. The number of carboxylic acids is 1. The Morgan fingerprint density at radius 3 is 2.52 bits per heavy atom. The standard InChI is InChI=1S/C24H25NO4/c1-29-16-18-7-4-6-17(12-18)13-23(26)25-15-21(24(27)28)14-20-10-5-9-19-8-2-3-11-22(19)20/h2-12,21H,13-16H2,1H3,(H,25,26)(H,27,28). The molecule has 5 nitrogen and oxygen atoms in total. The Labute approximate surface area is 170 Å². The molecule has 2 N–H and O–H groups in total. The first-order valence-electron chi connectivity index (χ1n) is 9.59. The lowest BCUT2D eigenvalue weighted by molar-refractivity contribution is -0.141. The number of fused-ring (bicyclic) bond motifs is 1. The lowest BCUT2D eigenvalue weighted by atomic mass is 9.94. The van der Waals surface area contributed by atoms with Crippen LogP contribution in [0.5, 0.6) is 0 Å². The lowest BCUT2D eigenvalue weighted by Crippen LogP contribution is -2.35. The second-order valence-corrected chi connectivity index (χ2v) is 7.11. The van der Waals surface area contributed by atoms with E-state index in [1.54, 1.807) is 7.11 Å². The zero-order valence-corrected chi connectivity index (χ0v) is 16.4. The smallest absolute Gasteiger partial charge is 0.308 e. The molecule has 0 radical (unpaired) electrons. The van der Waals surface area contributed by atoms with Crippen LogP contribution in [0.3, 0.4) is 0 Å². The third-order valence-electron chi connectivity index (χ3n) is 4.91. The fourth-order valence-corrected chi connectivity index (χ4v) is 3.46. The number of benzene rings is 3. The first-order valence-corrected chi connectivity index (χ1v) is 9.59. The highest BCUT2D eigenvalue weighted by Gasteiger charge is 2.20. The van der Waals surface area contributed by atoms with Gasteiger partial charge in [-0.3, -0.25) is 9.59 Å². The minimum absolute atomic E-state index is 0.0924. The van der Waals surface area contributed by atoms with Crippen molar-refractivity contribution in [1.82, 2.24) is 5.32 Å². The number of methoxy groups -OCH3 is 1. The van der Waals surface area contributed by atoms with Crippen LogP contribution in [0, 0.1) is 5.92 Å². The summed E-state index contributed by atoms with van der Waals surface area (Å²) in [7, 11) is 1.63. The number of amides is 1. The first-order chi connectivity index (χ1) is 14.1. The van der Waals surface area contributed by atoms with Gasteiger partial charge in [0.15, 0.2) is 0 Å². The summed E-state index contributed by atoms with van der Waals surface area (Å²) in [6.45, 7) is 0.580. The zero-order chi connectivity index (χ0) is 20.6. The molecule has 3 rings (SSSR count). The predicted octanol–water partition coefficient (Wildman–Crippen LogP) is 3.59. The summed E-state index contributed by atoms with van der Waals surface area (Å²) in [6, 6.07) is 21.4. The monoisotopic (exact) mass is 391 g/mol. The SMILES string of the molecule is COCc1cccc(CC(=O)NCC(Cc2cccc3ccccc23)C(=O)O)c1. The van der Waals surface area contributed by atoms with Crippen LogP contribution in [-0.2, 0) is 33.8 Å². The Hall–Kier alpha value is -3.18. The molecule has 3 aromatic rings. The molecule has 0 aliphatic heterocycles. The van der Waals surface area contributed by atoms with Crippen molar-refractivity contribution in [3.8, 4) is 0 Å². The molecular weight excluding hydrogens is 366 g/mol. The number of ether oxygens (including phenoxy) is 1. The molecule has 0 aliphatic carbocycles. The van der Waals surface area contributed by atoms with Crippen molar-refractivity contribution < 1.29 is 19.4 Å². The maximum Gasteiger partial charge on any atom is 0.308 e. The molecule has 1 amide bonds. The van der Waals surface area contributed by atoms with Crippen molar-refractivity contribution in [2.75, 3.05) is 13.7 Å². The first kappa shape index (κ1) is 20.6. The maximum atomic E-state index is 12.3. The van der Waals surface area contributed by atoms with Gasteiger partial charge >= 0.3 is 5.97 Å². The van der Waals surface area contributed by atoms with Gasteiger partial charge in [0, 0.05) is 13.7 Å². The van der Waals surface area contributed by atoms with E-state index in [1.807, 2.05) is 66.7 Å². The molecule has 5 heteroatoms. The van der Waals surface area contributed by atoms with E-state index in [9.17, 15) is 14.7 Å². The topological polar surface area (TPSA) is 75.6 Å². The van der Waals surface area contributed by atoms with Gasteiger partial charge in [0.2, 0.25) is 5.91 Å². The molecule has 0 aliphatic rings. The van der Waals surface area contributed by atoms with E-state index in [2.05, 4.69) is 5.32 Å². The van der Waals surface area contributed by atoms with Gasteiger partial charge in [0.25, 0.3) is 0 Å². The highest BCUT2D eigenvalue weighted by atomic mass is 16.5. The van der Waals surface area contributed by atoms with Crippen molar-refractivity contribution in [3.05, 3.63) is 83.4 Å². The second-order valence-electron chi connectivity index (χ2n) is 7.11. The average molecular weight is 391 g/mol. The van der Waals surface area contributed by atoms with Crippen LogP contribution in [0.2, 0.25) is 0 Å². The number of carbonyl (C=O) groups is 2. The Balaban J connectivity index is 1.63. The Bertz CT molecular complexity index is 994. The number of nitrogens with one attached hydrogen (secondary N) is 1. The van der Waals surface area contributed by atoms with Gasteiger partial charge in [-0.15, -0.1) is 0 Å². The maximum absolute atomic E-state index is 12.3. The van der Waals surface area contributed by atoms with Crippen LogP contribution in [0.4, 0.5) is 0 Å². The lowest BCUT2D eigenvalue weighted by Gasteiger charge is -2.15. The Morgan fingerprint density at radius 2 is 1.72 bits per heavy atom. The molecular formula is C24H25NO4. The molecule has 29 heavy (non-hydrogen) atoms. The largest absolute Gasteiger partial charge is 0.481 e. The summed E-state index contributed by atoms with van der Waals surface area (Å²) in [5.41, 5.74) is 2.84. The highest BCUT2D eigenvalue weighted by molar-refractivity contribution is 5.86. The molecule has 1 unspecified atom stereocenters. The van der Waals surface area contributed by atoms with Gasteiger partial charge < -0.3 is 15.2 Å². The van der Waals surface area contributed by atoms with E-state index in [0.717, 1.165) is 27.5 Å². The van der Waals surface area contributed by atoms with E-state index < -0.39 is 11.9 Å². The molecule has 0 aromatic heterocycles. The van der Waals surface area contributed by atoms with Crippen LogP contribution < -0.4 is 5.32 Å². The summed E-state index contributed by atoms with van der Waals surface area (Å²) in [5.74, 6) is -1.80. The number of hydrogen-bond donors (Lipinski definition) is 2. The summed E-state index contributed by atoms with van der Waals surface area (Å²) >= 11 is 0. The molecule has 0 spiro atoms. The average Bonchev–Trinajstić information content (AvgIpc) is 2.71. The van der Waals surface area contributed by atoms with E-state index >= 15 is 0 Å². The molecule has 1 atom stereocenters. The molecule has 0 bridgehead atoms. The summed E-state index contributed by atoms with van der Waals surface area (Å²) in [5, 5.41) is 14.5. The van der Waals surface area contributed by atoms with Crippen LogP contribution in [0.15, 0.2) is 66.7 Å². The molecule has 0 saturated heterocycles. The number of hydrogen-bond acceptors (Lipinski definition) is 3. The second kappa shape index (κ2) is 9.85. The molecule has 3 aromatic carbocycles. The quantitative estimate of drug-likeness (QED) is 0.585. The third-order valence-corrected chi connectivity index (χ3v) is 4.91. The fourth-order valence-electron chi connectivity index (χ4n) is 3.46. The van der Waals surface area contributed by atoms with Crippen molar-refractivity contribution >= 4 is 22.6 Å². The Kier molecular flexibility index (Phi) is 6.98. The van der Waals surface area contributed by atoms with Crippen molar-refractivity contribution in [2.45, 2.75) is 19.4 Å². The van der Waals surface area contributed by atoms with Crippen molar-refractivity contribution in [1.29, 1.82) is 0 Å². The van der Waals surface area contributed by atoms with E-state index in [0.29, 0.717) is 13.0 Å². The van der Waals surface area contributed by atoms with Gasteiger partial charge in [-0.1, -0.05) is 66.7 Å². The number of aliphatic carboxylic acids is 1. The van der Waals surface area contributed by atoms with Gasteiger partial charge in [-0.05, 0) is 33.9 Å². The van der Waals surface area contributed by atoms with Crippen molar-refractivity contribution in [3.63, 3.8) is 0 Å². The van der Waals surface area contributed by atoms with Crippen molar-refractivity contribution in [2.24, 2.45) is 5.92 Å². The minimum atomic E-state index is -0.916. The van der Waals surface area contributed by atoms with E-state index in [-0.39, 0.29) is 18.9 Å². The van der Waals surface area contributed by atoms with E-state index in [1.165, 1.54) is 0 Å². The summed E-state index contributed by atoms with van der Waals surface area (Å²) < 4.78 is 5.11. The fraction of sp³-hybridized carbons (Fsp3) is 0.250. The molecule has 0 fully saturated rings. The van der Waals surface area contributed by atoms with Crippen LogP contribution in [0.25, 0.3) is 10.8 Å². The molecule has 0 heterocycles. The highest BCUT2D eigenvalue weighted by Crippen LogP contribution is 2.21. The third kappa shape index (κ3) is 5.65. The molecule has 0 saturated carbocycles. The van der Waals surface area contributed by atoms with Crippen LogP contribution >= 0.6 is 0 Å².